The molecule has 1 aromatic carbocycles. The lowest BCUT2D eigenvalue weighted by Crippen LogP contribution is -2.57. The number of hydrogen-bond acceptors (Lipinski definition) is 7. The molecule has 26 heavy (non-hydrogen) atoms. The van der Waals surface area contributed by atoms with E-state index in [0.29, 0.717) is 6.54 Å². The molecular formula is C16H20N2O7S. The number of hydrogen-bond donors (Lipinski definition) is 3. The summed E-state index contributed by atoms with van der Waals surface area (Å²) < 4.78 is 29.5. The van der Waals surface area contributed by atoms with Gasteiger partial charge in [0.1, 0.15) is 23.2 Å². The van der Waals surface area contributed by atoms with Gasteiger partial charge in [0.05, 0.1) is 24.1 Å². The Morgan fingerprint density at radius 2 is 2.04 bits per heavy atom. The van der Waals surface area contributed by atoms with Gasteiger partial charge >= 0.3 is 5.97 Å². The standard InChI is InChI=1S/C16H20N2O7S/c19-12-2-1-3-13(15(12)16(21)22)25-10-8-18(9-10)14(20)6-11-7-17-4-5-26(11,23)24/h1-3,10-11,17,19H,4-9H2,(H,21,22). The maximum atomic E-state index is 12.3. The van der Waals surface area contributed by atoms with E-state index in [1.54, 1.807) is 0 Å². The second-order valence-corrected chi connectivity index (χ2v) is 8.79. The van der Waals surface area contributed by atoms with Crippen LogP contribution in [0, 0.1) is 0 Å². The normalized spacial score (nSPS) is 22.5. The van der Waals surface area contributed by atoms with Gasteiger partial charge in [0.25, 0.3) is 0 Å². The van der Waals surface area contributed by atoms with Gasteiger partial charge in [-0.3, -0.25) is 4.79 Å². The van der Waals surface area contributed by atoms with Gasteiger partial charge in [-0.2, -0.15) is 0 Å². The van der Waals surface area contributed by atoms with E-state index in [1.165, 1.54) is 23.1 Å². The van der Waals surface area contributed by atoms with E-state index in [0.717, 1.165) is 0 Å². The number of amides is 1. The molecule has 0 spiro atoms. The molecule has 0 aromatic heterocycles. The lowest BCUT2D eigenvalue weighted by Gasteiger charge is -2.40. The molecule has 9 nitrogen and oxygen atoms in total. The number of carboxylic acid groups (broad SMARTS) is 1. The van der Waals surface area contributed by atoms with Crippen LogP contribution in [0.15, 0.2) is 18.2 Å². The molecule has 0 bridgehead atoms. The highest BCUT2D eigenvalue weighted by molar-refractivity contribution is 7.92. The largest absolute Gasteiger partial charge is 0.507 e. The Labute approximate surface area is 150 Å². The molecule has 2 heterocycles. The van der Waals surface area contributed by atoms with Gasteiger partial charge in [0.2, 0.25) is 5.91 Å². The molecule has 2 aliphatic rings. The third-order valence-electron chi connectivity index (χ3n) is 4.56. The lowest BCUT2D eigenvalue weighted by molar-refractivity contribution is -0.140. The Morgan fingerprint density at radius 3 is 2.69 bits per heavy atom. The number of sulfone groups is 1. The van der Waals surface area contributed by atoms with Gasteiger partial charge in [-0.15, -0.1) is 0 Å². The van der Waals surface area contributed by atoms with E-state index >= 15 is 0 Å². The van der Waals surface area contributed by atoms with Crippen molar-refractivity contribution < 1.29 is 33.0 Å². The average molecular weight is 384 g/mol. The van der Waals surface area contributed by atoms with Crippen LogP contribution in [0.2, 0.25) is 0 Å². The summed E-state index contributed by atoms with van der Waals surface area (Å²) in [6, 6.07) is 4.17. The monoisotopic (exact) mass is 384 g/mol. The van der Waals surface area contributed by atoms with Crippen LogP contribution in [0.5, 0.6) is 11.5 Å². The number of nitrogens with one attached hydrogen (secondary N) is 1. The number of rotatable bonds is 5. The van der Waals surface area contributed by atoms with E-state index in [-0.39, 0.29) is 49.0 Å². The highest BCUT2D eigenvalue weighted by Gasteiger charge is 2.37. The van der Waals surface area contributed by atoms with Crippen LogP contribution in [0.1, 0.15) is 16.8 Å². The van der Waals surface area contributed by atoms with E-state index in [4.69, 9.17) is 9.84 Å². The number of aromatic carboxylic acids is 1. The first-order valence-electron chi connectivity index (χ1n) is 8.20. The third kappa shape index (κ3) is 3.75. The molecule has 3 N–H and O–H groups in total. The molecule has 1 atom stereocenters. The average Bonchev–Trinajstić information content (AvgIpc) is 2.51. The predicted octanol–water partition coefficient (Wildman–Crippen LogP) is -0.543. The van der Waals surface area contributed by atoms with E-state index < -0.39 is 32.9 Å². The molecule has 0 aliphatic carbocycles. The van der Waals surface area contributed by atoms with Crippen LogP contribution < -0.4 is 10.1 Å². The van der Waals surface area contributed by atoms with Gasteiger partial charge in [0, 0.05) is 19.5 Å². The summed E-state index contributed by atoms with van der Waals surface area (Å²) in [7, 11) is -3.25. The number of carbonyl (C=O) groups excluding carboxylic acids is 1. The SMILES string of the molecule is O=C(O)c1c(O)cccc1OC1CN(C(=O)CC2CNCCS2(=O)=O)C1. The zero-order valence-electron chi connectivity index (χ0n) is 13.9. The molecule has 0 radical (unpaired) electrons. The number of carbonyl (C=O) groups is 2. The van der Waals surface area contributed by atoms with Crippen molar-refractivity contribution in [2.45, 2.75) is 17.8 Å². The van der Waals surface area contributed by atoms with Gasteiger partial charge in [-0.1, -0.05) is 6.07 Å². The van der Waals surface area contributed by atoms with Crippen molar-refractivity contribution in [3.8, 4) is 11.5 Å². The molecule has 2 saturated heterocycles. The molecule has 142 valence electrons. The Balaban J connectivity index is 1.56. The van der Waals surface area contributed by atoms with Crippen molar-refractivity contribution in [3.05, 3.63) is 23.8 Å². The quantitative estimate of drug-likeness (QED) is 0.616. The van der Waals surface area contributed by atoms with E-state index in [1.807, 2.05) is 0 Å². The van der Waals surface area contributed by atoms with Crippen molar-refractivity contribution >= 4 is 21.7 Å². The zero-order chi connectivity index (χ0) is 18.9. The minimum atomic E-state index is -3.25. The molecule has 1 unspecified atom stereocenters. The second kappa shape index (κ2) is 7.12. The van der Waals surface area contributed by atoms with Crippen LogP contribution in [-0.4, -0.2) is 78.7 Å². The van der Waals surface area contributed by atoms with Gasteiger partial charge in [-0.25, -0.2) is 13.2 Å². The lowest BCUT2D eigenvalue weighted by atomic mass is 10.1. The van der Waals surface area contributed by atoms with Crippen molar-refractivity contribution in [3.63, 3.8) is 0 Å². The van der Waals surface area contributed by atoms with Crippen molar-refractivity contribution in [1.82, 2.24) is 10.2 Å². The Kier molecular flexibility index (Phi) is 5.05. The molecule has 2 fully saturated rings. The third-order valence-corrected chi connectivity index (χ3v) is 6.68. The van der Waals surface area contributed by atoms with Gasteiger partial charge < -0.3 is 25.2 Å². The number of phenols is 1. The summed E-state index contributed by atoms with van der Waals surface area (Å²) in [5, 5.41) is 21.1. The smallest absolute Gasteiger partial charge is 0.343 e. The number of ether oxygens (including phenoxy) is 1. The van der Waals surface area contributed by atoms with E-state index in [9.17, 15) is 23.1 Å². The van der Waals surface area contributed by atoms with Crippen molar-refractivity contribution in [1.29, 1.82) is 0 Å². The first-order valence-corrected chi connectivity index (χ1v) is 9.91. The van der Waals surface area contributed by atoms with Gasteiger partial charge in [0.15, 0.2) is 9.84 Å². The molecule has 3 rings (SSSR count). The van der Waals surface area contributed by atoms with Crippen LogP contribution in [0.25, 0.3) is 0 Å². The number of nitrogens with zero attached hydrogens (tertiary/aromatic N) is 1. The van der Waals surface area contributed by atoms with Crippen LogP contribution >= 0.6 is 0 Å². The fourth-order valence-electron chi connectivity index (χ4n) is 3.02. The van der Waals surface area contributed by atoms with E-state index in [2.05, 4.69) is 5.32 Å². The Hall–Kier alpha value is -2.33. The summed E-state index contributed by atoms with van der Waals surface area (Å²) in [5.41, 5.74) is -0.323. The predicted molar refractivity (Wildman–Crippen MR) is 91.1 cm³/mol. The topological polar surface area (TPSA) is 133 Å². The Morgan fingerprint density at radius 1 is 1.31 bits per heavy atom. The highest BCUT2D eigenvalue weighted by Crippen LogP contribution is 2.29. The number of likely N-dealkylation sites (tertiary alicyclic amines) is 1. The fourth-order valence-corrected chi connectivity index (χ4v) is 4.55. The summed E-state index contributed by atoms with van der Waals surface area (Å²) >= 11 is 0. The molecular weight excluding hydrogens is 364 g/mol. The second-order valence-electron chi connectivity index (χ2n) is 6.39. The maximum absolute atomic E-state index is 12.3. The molecule has 1 amide bonds. The minimum Gasteiger partial charge on any atom is -0.507 e. The van der Waals surface area contributed by atoms with Crippen molar-refractivity contribution in [2.24, 2.45) is 0 Å². The molecule has 0 saturated carbocycles. The number of benzene rings is 1. The van der Waals surface area contributed by atoms with Crippen molar-refractivity contribution in [2.75, 3.05) is 31.9 Å². The van der Waals surface area contributed by atoms with Crippen LogP contribution in [0.3, 0.4) is 0 Å². The summed E-state index contributed by atoms with van der Waals surface area (Å²) in [4.78, 5) is 25.0. The number of carboxylic acids is 1. The first kappa shape index (κ1) is 18.5. The first-order chi connectivity index (χ1) is 12.3. The Bertz CT molecular complexity index is 818. The van der Waals surface area contributed by atoms with Crippen LogP contribution in [0.4, 0.5) is 0 Å². The fraction of sp³-hybridized carbons (Fsp3) is 0.500. The minimum absolute atomic E-state index is 0.0339. The zero-order valence-corrected chi connectivity index (χ0v) is 14.7. The summed E-state index contributed by atoms with van der Waals surface area (Å²) in [6.45, 7) is 1.16. The summed E-state index contributed by atoms with van der Waals surface area (Å²) in [5.74, 6) is -1.89. The molecule has 1 aromatic rings. The maximum Gasteiger partial charge on any atom is 0.343 e. The van der Waals surface area contributed by atoms with Gasteiger partial charge in [-0.05, 0) is 12.1 Å². The molecule has 2 aliphatic heterocycles. The molecule has 10 heteroatoms. The van der Waals surface area contributed by atoms with Crippen LogP contribution in [-0.2, 0) is 14.6 Å². The number of aromatic hydroxyl groups is 1. The summed E-state index contributed by atoms with van der Waals surface area (Å²) in [6.07, 6.45) is -0.478. The highest BCUT2D eigenvalue weighted by atomic mass is 32.2.